The second-order valence-electron chi connectivity index (χ2n) is 8.80. The van der Waals surface area contributed by atoms with E-state index in [2.05, 4.69) is 25.7 Å². The molecule has 3 aliphatic heterocycles. The van der Waals surface area contributed by atoms with Gasteiger partial charge in [-0.2, -0.15) is 20.1 Å². The van der Waals surface area contributed by atoms with Crippen LogP contribution in [0.5, 0.6) is 0 Å². The zero-order chi connectivity index (χ0) is 22.2. The van der Waals surface area contributed by atoms with Gasteiger partial charge in [0.15, 0.2) is 0 Å². The zero-order valence-electron chi connectivity index (χ0n) is 17.1. The van der Waals surface area contributed by atoms with E-state index in [0.29, 0.717) is 42.1 Å². The molecule has 3 atom stereocenters. The summed E-state index contributed by atoms with van der Waals surface area (Å²) in [7, 11) is 1.67. The van der Waals surface area contributed by atoms with Crippen LogP contribution in [0.3, 0.4) is 0 Å². The number of aryl methyl sites for hydroxylation is 1. The first kappa shape index (κ1) is 19.4. The van der Waals surface area contributed by atoms with E-state index in [1.165, 1.54) is 23.1 Å². The van der Waals surface area contributed by atoms with Crippen LogP contribution in [0.1, 0.15) is 30.1 Å². The molecule has 3 aromatic rings. The van der Waals surface area contributed by atoms with Gasteiger partial charge in [0.2, 0.25) is 5.91 Å². The number of aromatic nitrogens is 5. The van der Waals surface area contributed by atoms with Crippen LogP contribution >= 0.6 is 11.6 Å². The first-order chi connectivity index (χ1) is 15.3. The molecule has 2 fully saturated rings. The number of fused-ring (bicyclic) bond motifs is 3. The van der Waals surface area contributed by atoms with E-state index < -0.39 is 11.2 Å². The van der Waals surface area contributed by atoms with Gasteiger partial charge in [0.1, 0.15) is 11.5 Å². The Morgan fingerprint density at radius 2 is 2.16 bits per heavy atom. The van der Waals surface area contributed by atoms with Crippen molar-refractivity contribution < 1.29 is 9.18 Å². The number of benzene rings is 1. The summed E-state index contributed by atoms with van der Waals surface area (Å²) in [5.41, 5.74) is 1.99. The van der Waals surface area contributed by atoms with Gasteiger partial charge < -0.3 is 10.2 Å². The number of carbonyl (C=O) groups excluding carboxylic acids is 1. The molecule has 0 radical (unpaired) electrons. The van der Waals surface area contributed by atoms with Gasteiger partial charge in [0.05, 0.1) is 34.1 Å². The Kier molecular flexibility index (Phi) is 4.01. The molecule has 9 nitrogen and oxygen atoms in total. The van der Waals surface area contributed by atoms with Crippen LogP contribution in [0.15, 0.2) is 29.2 Å². The molecule has 2 bridgehead atoms. The normalized spacial score (nSPS) is 25.3. The Balaban J connectivity index is 1.26. The molecule has 1 amide bonds. The summed E-state index contributed by atoms with van der Waals surface area (Å²) in [5.74, 6) is -0.419. The van der Waals surface area contributed by atoms with Crippen LogP contribution in [0.4, 0.5) is 10.1 Å². The van der Waals surface area contributed by atoms with Crippen molar-refractivity contribution in [3.05, 3.63) is 56.8 Å². The molecule has 0 aliphatic carbocycles. The first-order valence-electron chi connectivity index (χ1n) is 10.4. The molecule has 0 spiro atoms. The number of rotatable bonds is 4. The number of halogens is 2. The lowest BCUT2D eigenvalue weighted by atomic mass is 9.74. The van der Waals surface area contributed by atoms with E-state index in [-0.39, 0.29) is 29.2 Å². The summed E-state index contributed by atoms with van der Waals surface area (Å²) in [6.45, 7) is 0.297. The third-order valence-corrected chi connectivity index (χ3v) is 7.18. The Bertz CT molecular complexity index is 1340. The Labute approximate surface area is 186 Å². The molecular formula is C21H19ClFN7O2. The number of nitrogens with zero attached hydrogens (tertiary/aromatic N) is 5. The second-order valence-corrected chi connectivity index (χ2v) is 9.21. The zero-order valence-corrected chi connectivity index (χ0v) is 17.9. The highest BCUT2D eigenvalue weighted by Gasteiger charge is 2.63. The molecular weight excluding hydrogens is 437 g/mol. The van der Waals surface area contributed by atoms with E-state index in [1.807, 2.05) is 4.90 Å². The van der Waals surface area contributed by atoms with Gasteiger partial charge in [0, 0.05) is 31.3 Å². The van der Waals surface area contributed by atoms with Crippen molar-refractivity contribution >= 4 is 23.2 Å². The molecule has 6 rings (SSSR count). The van der Waals surface area contributed by atoms with Crippen LogP contribution in [-0.4, -0.2) is 48.6 Å². The number of hydrogen-bond donors (Lipinski definition) is 2. The Hall–Kier alpha value is -3.27. The van der Waals surface area contributed by atoms with Crippen LogP contribution in [0.25, 0.3) is 11.3 Å². The summed E-state index contributed by atoms with van der Waals surface area (Å²) in [6.07, 6.45) is 3.38. The number of nitrogens with one attached hydrogen (secondary N) is 2. The van der Waals surface area contributed by atoms with Crippen LogP contribution in [0, 0.1) is 11.2 Å². The molecule has 32 heavy (non-hydrogen) atoms. The van der Waals surface area contributed by atoms with E-state index in [0.717, 1.165) is 11.3 Å². The monoisotopic (exact) mass is 455 g/mol. The molecule has 1 aromatic carbocycles. The maximum absolute atomic E-state index is 14.9. The summed E-state index contributed by atoms with van der Waals surface area (Å²) in [6, 6.07) is 4.31. The highest BCUT2D eigenvalue weighted by atomic mass is 35.5. The van der Waals surface area contributed by atoms with Gasteiger partial charge >= 0.3 is 0 Å². The molecule has 2 aromatic heterocycles. The fraction of sp³-hybridized carbons (Fsp3) is 0.381. The maximum Gasteiger partial charge on any atom is 0.264 e. The molecule has 11 heteroatoms. The molecule has 5 heterocycles. The number of piperidine rings is 1. The van der Waals surface area contributed by atoms with Crippen molar-refractivity contribution in [1.82, 2.24) is 30.1 Å². The minimum atomic E-state index is -0.632. The summed E-state index contributed by atoms with van der Waals surface area (Å²) < 4.78 is 14.9. The summed E-state index contributed by atoms with van der Waals surface area (Å²) in [4.78, 5) is 28.2. The third-order valence-electron chi connectivity index (χ3n) is 6.87. The van der Waals surface area contributed by atoms with Gasteiger partial charge in [-0.05, 0) is 37.0 Å². The minimum Gasteiger partial charge on any atom is -0.382 e. The Morgan fingerprint density at radius 3 is 2.94 bits per heavy atom. The number of H-pyrrole nitrogens is 1. The van der Waals surface area contributed by atoms with Crippen molar-refractivity contribution in [3.63, 3.8) is 0 Å². The lowest BCUT2D eigenvalue weighted by Crippen LogP contribution is -2.42. The standard InChI is InChI=1S/C21H19ClFN7O2/c1-29-25-8-16(28-29)12-4-14(23)15(5-13(12)22)24-9-21-6-11-2-10-3-18(31)26-27-19(10)17(7-21)30(11)20(21)32/h3-5,8,11,17,24H,2,6-7,9H2,1H3,(H,26,31)/t11-,17-,21?/m1/s1. The average molecular weight is 456 g/mol. The highest BCUT2D eigenvalue weighted by molar-refractivity contribution is 6.33. The summed E-state index contributed by atoms with van der Waals surface area (Å²) in [5, 5.41) is 18.4. The fourth-order valence-electron chi connectivity index (χ4n) is 5.50. The second kappa shape index (κ2) is 6.61. The number of hydrogen-bond acceptors (Lipinski definition) is 6. The quantitative estimate of drug-likeness (QED) is 0.623. The minimum absolute atomic E-state index is 0.0339. The highest BCUT2D eigenvalue weighted by Crippen LogP contribution is 2.57. The van der Waals surface area contributed by atoms with Crippen molar-refractivity contribution in [2.75, 3.05) is 11.9 Å². The van der Waals surface area contributed by atoms with Crippen LogP contribution < -0.4 is 10.9 Å². The van der Waals surface area contributed by atoms with E-state index in [9.17, 15) is 14.0 Å². The van der Waals surface area contributed by atoms with Crippen LogP contribution in [-0.2, 0) is 18.3 Å². The SMILES string of the molecule is Cn1ncc(-c2cc(F)c(NCC34C[C@H]5Cc6cc(=O)[nH]nc6[C@@H](C3)N5C4=O)cc2Cl)n1. The number of amides is 1. The third kappa shape index (κ3) is 2.72. The van der Waals surface area contributed by atoms with Gasteiger partial charge in [-0.3, -0.25) is 9.59 Å². The van der Waals surface area contributed by atoms with Crippen molar-refractivity contribution in [1.29, 1.82) is 0 Å². The maximum atomic E-state index is 14.9. The van der Waals surface area contributed by atoms with Gasteiger partial charge in [-0.25, -0.2) is 9.49 Å². The molecule has 2 N–H and O–H groups in total. The summed E-state index contributed by atoms with van der Waals surface area (Å²) >= 11 is 6.40. The van der Waals surface area contributed by atoms with Crippen molar-refractivity contribution in [2.24, 2.45) is 12.5 Å². The van der Waals surface area contributed by atoms with Crippen molar-refractivity contribution in [3.8, 4) is 11.3 Å². The predicted molar refractivity (Wildman–Crippen MR) is 114 cm³/mol. The van der Waals surface area contributed by atoms with Crippen molar-refractivity contribution in [2.45, 2.75) is 31.3 Å². The largest absolute Gasteiger partial charge is 0.382 e. The molecule has 164 valence electrons. The van der Waals surface area contributed by atoms with Gasteiger partial charge in [-0.15, -0.1) is 0 Å². The number of aromatic amines is 1. The first-order valence-corrected chi connectivity index (χ1v) is 10.7. The van der Waals surface area contributed by atoms with Gasteiger partial charge in [-0.1, -0.05) is 11.6 Å². The lowest BCUT2D eigenvalue weighted by molar-refractivity contribution is -0.132. The fourth-order valence-corrected chi connectivity index (χ4v) is 5.76. The molecule has 2 saturated heterocycles. The van der Waals surface area contributed by atoms with Crippen LogP contribution in [0.2, 0.25) is 5.02 Å². The van der Waals surface area contributed by atoms with Gasteiger partial charge in [0.25, 0.3) is 5.56 Å². The molecule has 3 aliphatic rings. The topological polar surface area (TPSA) is 109 Å². The Morgan fingerprint density at radius 1 is 1.31 bits per heavy atom. The molecule has 0 saturated carbocycles. The number of anilines is 1. The van der Waals surface area contributed by atoms with E-state index in [1.54, 1.807) is 13.1 Å². The lowest BCUT2D eigenvalue weighted by Gasteiger charge is -2.39. The van der Waals surface area contributed by atoms with E-state index >= 15 is 0 Å². The smallest absolute Gasteiger partial charge is 0.264 e. The molecule has 1 unspecified atom stereocenters. The number of carbonyl (C=O) groups is 1. The average Bonchev–Trinajstić information content (AvgIpc) is 3.38. The van der Waals surface area contributed by atoms with E-state index in [4.69, 9.17) is 11.6 Å². The predicted octanol–water partition coefficient (Wildman–Crippen LogP) is 2.06.